The average molecular weight is 247 g/mol. The third-order valence-corrected chi connectivity index (χ3v) is 4.12. The van der Waals surface area contributed by atoms with Crippen molar-refractivity contribution in [3.63, 3.8) is 0 Å². The van der Waals surface area contributed by atoms with Gasteiger partial charge in [-0.05, 0) is 26.0 Å². The van der Waals surface area contributed by atoms with Crippen molar-refractivity contribution < 1.29 is 18.0 Å². The van der Waals surface area contributed by atoms with Gasteiger partial charge < -0.3 is 19.2 Å². The van der Waals surface area contributed by atoms with Crippen molar-refractivity contribution in [1.82, 2.24) is 0 Å². The maximum absolute atomic E-state index is 12.2. The van der Waals surface area contributed by atoms with Crippen molar-refractivity contribution in [1.29, 1.82) is 0 Å². The van der Waals surface area contributed by atoms with Gasteiger partial charge in [-0.2, -0.15) is 0 Å². The molecule has 0 aromatic carbocycles. The predicted octanol–water partition coefficient (Wildman–Crippen LogP) is 2.55. The fraction of sp³-hybridized carbons (Fsp3) is 0.600. The van der Waals surface area contributed by atoms with Crippen LogP contribution in [0.2, 0.25) is 0 Å². The molecule has 2 N–H and O–H groups in total. The first-order chi connectivity index (χ1) is 7.61. The minimum absolute atomic E-state index is 0.127. The molecule has 0 radical (unpaired) electrons. The molecule has 0 unspecified atom stereocenters. The van der Waals surface area contributed by atoms with Gasteiger partial charge in [0, 0.05) is 0 Å². The molecule has 1 heterocycles. The van der Waals surface area contributed by atoms with Gasteiger partial charge in [0.15, 0.2) is 0 Å². The van der Waals surface area contributed by atoms with Crippen LogP contribution >= 0.6 is 7.60 Å². The van der Waals surface area contributed by atoms with Gasteiger partial charge in [-0.1, -0.05) is 0 Å². The van der Waals surface area contributed by atoms with Crippen LogP contribution in [0.1, 0.15) is 25.6 Å². The molecule has 1 aromatic heterocycles. The summed E-state index contributed by atoms with van der Waals surface area (Å²) < 4.78 is 27.6. The molecule has 1 aromatic rings. The monoisotopic (exact) mass is 247 g/mol. The molecule has 0 saturated carbocycles. The summed E-state index contributed by atoms with van der Waals surface area (Å²) in [5.74, 6) is 0.583. The van der Waals surface area contributed by atoms with E-state index in [0.29, 0.717) is 19.0 Å². The normalized spacial score (nSPS) is 13.9. The molecule has 0 saturated heterocycles. The van der Waals surface area contributed by atoms with Gasteiger partial charge in [-0.15, -0.1) is 0 Å². The molecule has 0 bridgehead atoms. The summed E-state index contributed by atoms with van der Waals surface area (Å²) >= 11 is 0. The molecule has 16 heavy (non-hydrogen) atoms. The molecule has 0 aliphatic heterocycles. The van der Waals surface area contributed by atoms with Crippen LogP contribution in [0.15, 0.2) is 22.8 Å². The van der Waals surface area contributed by atoms with Gasteiger partial charge in [0.2, 0.25) is 0 Å². The number of hydrogen-bond donors (Lipinski definition) is 1. The summed E-state index contributed by atoms with van der Waals surface area (Å²) in [4.78, 5) is 0. The Balaban J connectivity index is 2.64. The van der Waals surface area contributed by atoms with Gasteiger partial charge >= 0.3 is 7.60 Å². The SMILES string of the molecule is CCOP(=O)(C[C@H](N)c1ccco1)OCC. The summed E-state index contributed by atoms with van der Waals surface area (Å²) in [5, 5.41) is 0. The van der Waals surface area contributed by atoms with E-state index in [9.17, 15) is 4.57 Å². The third kappa shape index (κ3) is 3.76. The number of hydrogen-bond acceptors (Lipinski definition) is 5. The Labute approximate surface area is 95.4 Å². The fourth-order valence-corrected chi connectivity index (χ4v) is 3.10. The van der Waals surface area contributed by atoms with Crippen molar-refractivity contribution >= 4 is 7.60 Å². The summed E-state index contributed by atoms with van der Waals surface area (Å²) in [6, 6.07) is 3.01. The van der Waals surface area contributed by atoms with E-state index in [1.807, 2.05) is 0 Å². The van der Waals surface area contributed by atoms with Gasteiger partial charge in [0.1, 0.15) is 5.76 Å². The highest BCUT2D eigenvalue weighted by Gasteiger charge is 2.28. The molecule has 0 amide bonds. The second kappa shape index (κ2) is 6.21. The lowest BCUT2D eigenvalue weighted by atomic mass is 10.3. The first-order valence-corrected chi connectivity index (χ1v) is 7.01. The van der Waals surface area contributed by atoms with Crippen LogP contribution in [0.5, 0.6) is 0 Å². The molecule has 0 aliphatic carbocycles. The number of nitrogens with two attached hydrogens (primary N) is 1. The quantitative estimate of drug-likeness (QED) is 0.749. The van der Waals surface area contributed by atoms with Crippen LogP contribution in [0.4, 0.5) is 0 Å². The highest BCUT2D eigenvalue weighted by atomic mass is 31.2. The molecule has 0 aliphatic rings. The minimum atomic E-state index is -3.10. The van der Waals surface area contributed by atoms with E-state index >= 15 is 0 Å². The van der Waals surface area contributed by atoms with E-state index in [-0.39, 0.29) is 6.16 Å². The molecule has 0 spiro atoms. The van der Waals surface area contributed by atoms with Crippen molar-refractivity contribution in [3.8, 4) is 0 Å². The van der Waals surface area contributed by atoms with Crippen molar-refractivity contribution in [2.45, 2.75) is 19.9 Å². The maximum atomic E-state index is 12.2. The van der Waals surface area contributed by atoms with Gasteiger partial charge in [-0.25, -0.2) is 0 Å². The minimum Gasteiger partial charge on any atom is -0.468 e. The van der Waals surface area contributed by atoms with Crippen LogP contribution in [-0.2, 0) is 13.6 Å². The molecule has 5 nitrogen and oxygen atoms in total. The first-order valence-electron chi connectivity index (χ1n) is 5.28. The third-order valence-electron chi connectivity index (χ3n) is 1.98. The zero-order chi connectivity index (χ0) is 12.0. The van der Waals surface area contributed by atoms with E-state index in [0.717, 1.165) is 0 Å². The second-order valence-electron chi connectivity index (χ2n) is 3.25. The van der Waals surface area contributed by atoms with E-state index in [1.54, 1.807) is 26.0 Å². The summed E-state index contributed by atoms with van der Waals surface area (Å²) in [7, 11) is -3.10. The zero-order valence-electron chi connectivity index (χ0n) is 9.59. The predicted molar refractivity (Wildman–Crippen MR) is 61.4 cm³/mol. The van der Waals surface area contributed by atoms with Crippen LogP contribution in [0.25, 0.3) is 0 Å². The van der Waals surface area contributed by atoms with E-state index in [2.05, 4.69) is 0 Å². The van der Waals surface area contributed by atoms with Crippen LogP contribution in [-0.4, -0.2) is 19.4 Å². The Kier molecular flexibility index (Phi) is 5.22. The Morgan fingerprint density at radius 3 is 2.50 bits per heavy atom. The Bertz CT molecular complexity index is 329. The van der Waals surface area contributed by atoms with Crippen LogP contribution in [0.3, 0.4) is 0 Å². The summed E-state index contributed by atoms with van der Waals surface area (Å²) in [5.41, 5.74) is 5.86. The average Bonchev–Trinajstić information content (AvgIpc) is 2.70. The van der Waals surface area contributed by atoms with E-state index in [4.69, 9.17) is 19.2 Å². The van der Waals surface area contributed by atoms with E-state index in [1.165, 1.54) is 6.26 Å². The number of rotatable bonds is 7. The van der Waals surface area contributed by atoms with Crippen molar-refractivity contribution in [2.75, 3.05) is 19.4 Å². The molecule has 0 fully saturated rings. The van der Waals surface area contributed by atoms with E-state index < -0.39 is 13.6 Å². The first kappa shape index (κ1) is 13.5. The zero-order valence-corrected chi connectivity index (χ0v) is 10.5. The summed E-state index contributed by atoms with van der Waals surface area (Å²) in [6.45, 7) is 4.21. The van der Waals surface area contributed by atoms with Gasteiger partial charge in [-0.3, -0.25) is 4.57 Å². The highest BCUT2D eigenvalue weighted by molar-refractivity contribution is 7.53. The van der Waals surface area contributed by atoms with Crippen molar-refractivity contribution in [2.24, 2.45) is 5.73 Å². The topological polar surface area (TPSA) is 74.7 Å². The maximum Gasteiger partial charge on any atom is 0.332 e. The lowest BCUT2D eigenvalue weighted by molar-refractivity contribution is 0.217. The molecule has 1 atom stereocenters. The standard InChI is InChI=1S/C10H18NO4P/c1-3-14-16(12,15-4-2)8-9(11)10-6-5-7-13-10/h5-7,9H,3-4,8,11H2,1-2H3/t9-/m0/s1. The Hall–Kier alpha value is -0.610. The van der Waals surface area contributed by atoms with Gasteiger partial charge in [0.05, 0.1) is 31.7 Å². The number of furan rings is 1. The lowest BCUT2D eigenvalue weighted by Gasteiger charge is -2.19. The highest BCUT2D eigenvalue weighted by Crippen LogP contribution is 2.50. The van der Waals surface area contributed by atoms with Crippen LogP contribution < -0.4 is 5.73 Å². The van der Waals surface area contributed by atoms with Crippen molar-refractivity contribution in [3.05, 3.63) is 24.2 Å². The van der Waals surface area contributed by atoms with Crippen LogP contribution in [0, 0.1) is 0 Å². The molecular formula is C10H18NO4P. The largest absolute Gasteiger partial charge is 0.468 e. The Morgan fingerprint density at radius 2 is 2.06 bits per heavy atom. The Morgan fingerprint density at radius 1 is 1.44 bits per heavy atom. The molecule has 92 valence electrons. The lowest BCUT2D eigenvalue weighted by Crippen LogP contribution is -2.16. The van der Waals surface area contributed by atoms with Gasteiger partial charge in [0.25, 0.3) is 0 Å². The summed E-state index contributed by atoms with van der Waals surface area (Å²) in [6.07, 6.45) is 1.66. The molecular weight excluding hydrogens is 229 g/mol. The molecule has 1 rings (SSSR count). The fourth-order valence-electron chi connectivity index (χ4n) is 1.37. The second-order valence-corrected chi connectivity index (χ2v) is 5.35. The molecule has 6 heteroatoms. The smallest absolute Gasteiger partial charge is 0.332 e.